The smallest absolute Gasteiger partial charge is 0.408 e. The van der Waals surface area contributed by atoms with Crippen molar-refractivity contribution in [2.45, 2.75) is 26.7 Å². The van der Waals surface area contributed by atoms with Gasteiger partial charge in [0.25, 0.3) is 0 Å². The molecule has 0 aromatic heterocycles. The summed E-state index contributed by atoms with van der Waals surface area (Å²) in [7, 11) is 0. The standard InChI is InChI=1S/2C3H6O2.C2HNO2/c2*1-2-3(4)5;3-1-2(4)5/h2*2H2,1H3,(H,4,5);(H,4,5). The molecule has 3 N–H and O–H groups in total. The van der Waals surface area contributed by atoms with Crippen molar-refractivity contribution in [2.75, 3.05) is 0 Å². The Balaban J connectivity index is -0.000000144. The lowest BCUT2D eigenvalue weighted by atomic mass is 10.5. The van der Waals surface area contributed by atoms with Crippen LogP contribution in [0.15, 0.2) is 0 Å². The zero-order valence-corrected chi connectivity index (χ0v) is 8.43. The van der Waals surface area contributed by atoms with E-state index in [4.69, 9.17) is 25.4 Å². The molecule has 7 heteroatoms. The minimum atomic E-state index is -1.44. The average Bonchev–Trinajstić information content (AvgIpc) is 2.19. The summed E-state index contributed by atoms with van der Waals surface area (Å²) in [6.07, 6.45) is 0.444. The molecule has 0 saturated carbocycles. The number of carbonyl (C=O) groups is 3. The summed E-state index contributed by atoms with van der Waals surface area (Å²) in [6.45, 7) is 3.20. The largest absolute Gasteiger partial charge is 0.481 e. The molecule has 0 radical (unpaired) electrons. The van der Waals surface area contributed by atoms with Gasteiger partial charge in [-0.05, 0) is 0 Å². The van der Waals surface area contributed by atoms with Crippen molar-refractivity contribution in [1.29, 1.82) is 5.26 Å². The maximum absolute atomic E-state index is 9.37. The third-order valence-electron chi connectivity index (χ3n) is 0.701. The first-order valence-corrected chi connectivity index (χ1v) is 3.88. The highest BCUT2D eigenvalue weighted by Crippen LogP contribution is 1.67. The molecule has 0 spiro atoms. The van der Waals surface area contributed by atoms with Crippen LogP contribution in [0.5, 0.6) is 0 Å². The normalized spacial score (nSPS) is 6.73. The van der Waals surface area contributed by atoms with Crippen LogP contribution in [-0.4, -0.2) is 33.2 Å². The molecule has 0 aromatic carbocycles. The van der Waals surface area contributed by atoms with Gasteiger partial charge in [-0.15, -0.1) is 0 Å². The SMILES string of the molecule is CCC(=O)O.CCC(=O)O.N#CC(=O)O. The molecule has 86 valence electrons. The van der Waals surface area contributed by atoms with Gasteiger partial charge < -0.3 is 15.3 Å². The Hall–Kier alpha value is -2.10. The Bertz CT molecular complexity index is 228. The van der Waals surface area contributed by atoms with E-state index in [2.05, 4.69) is 0 Å². The van der Waals surface area contributed by atoms with Crippen molar-refractivity contribution in [2.24, 2.45) is 0 Å². The number of rotatable bonds is 2. The number of nitrogens with zero attached hydrogens (tertiary/aromatic N) is 1. The second kappa shape index (κ2) is 14.4. The Kier molecular flexibility index (Phi) is 17.9. The van der Waals surface area contributed by atoms with E-state index in [-0.39, 0.29) is 12.8 Å². The van der Waals surface area contributed by atoms with E-state index >= 15 is 0 Å². The van der Waals surface area contributed by atoms with E-state index in [1.807, 2.05) is 0 Å². The maximum atomic E-state index is 9.37. The molecule has 0 aromatic rings. The summed E-state index contributed by atoms with van der Waals surface area (Å²) in [5.41, 5.74) is 0. The topological polar surface area (TPSA) is 136 Å². The quantitative estimate of drug-likeness (QED) is 0.455. The first kappa shape index (κ1) is 18.6. The molecular weight excluding hydrogens is 206 g/mol. The second-order valence-corrected chi connectivity index (χ2v) is 1.91. The minimum Gasteiger partial charge on any atom is -0.481 e. The van der Waals surface area contributed by atoms with Crippen molar-refractivity contribution in [1.82, 2.24) is 0 Å². The molecule has 0 fully saturated rings. The van der Waals surface area contributed by atoms with Gasteiger partial charge in [-0.2, -0.15) is 5.26 Å². The number of aliphatic carboxylic acids is 3. The van der Waals surface area contributed by atoms with E-state index in [0.29, 0.717) is 0 Å². The summed E-state index contributed by atoms with van der Waals surface area (Å²) < 4.78 is 0. The average molecular weight is 219 g/mol. The lowest BCUT2D eigenvalue weighted by Gasteiger charge is -1.71. The number of nitriles is 1. The van der Waals surface area contributed by atoms with E-state index in [1.165, 1.54) is 0 Å². The Morgan fingerprint density at radius 1 is 1.00 bits per heavy atom. The molecule has 15 heavy (non-hydrogen) atoms. The lowest BCUT2D eigenvalue weighted by Crippen LogP contribution is -1.86. The molecule has 7 nitrogen and oxygen atoms in total. The van der Waals surface area contributed by atoms with Gasteiger partial charge in [0.15, 0.2) is 6.07 Å². The highest BCUT2D eigenvalue weighted by Gasteiger charge is 1.81. The Morgan fingerprint density at radius 3 is 1.13 bits per heavy atom. The van der Waals surface area contributed by atoms with Gasteiger partial charge in [0.2, 0.25) is 0 Å². The van der Waals surface area contributed by atoms with E-state index < -0.39 is 17.9 Å². The maximum Gasteiger partial charge on any atom is 0.408 e. The van der Waals surface area contributed by atoms with Crippen molar-refractivity contribution >= 4 is 17.9 Å². The molecule has 0 atom stereocenters. The summed E-state index contributed by atoms with van der Waals surface area (Å²) in [6, 6.07) is 0.944. The first-order valence-electron chi connectivity index (χ1n) is 3.88. The molecular formula is C8H13NO6. The van der Waals surface area contributed by atoms with Gasteiger partial charge in [0.05, 0.1) is 0 Å². The van der Waals surface area contributed by atoms with Gasteiger partial charge in [-0.3, -0.25) is 9.59 Å². The summed E-state index contributed by atoms with van der Waals surface area (Å²) in [5, 5.41) is 30.1. The molecule has 0 aliphatic carbocycles. The zero-order valence-electron chi connectivity index (χ0n) is 8.43. The van der Waals surface area contributed by atoms with Crippen LogP contribution in [0, 0.1) is 11.3 Å². The molecule has 0 aliphatic rings. The highest BCUT2D eigenvalue weighted by atomic mass is 16.4. The lowest BCUT2D eigenvalue weighted by molar-refractivity contribution is -0.137. The number of hydrogen-bond donors (Lipinski definition) is 3. The van der Waals surface area contributed by atoms with Crippen LogP contribution in [-0.2, 0) is 14.4 Å². The number of hydrogen-bond acceptors (Lipinski definition) is 4. The van der Waals surface area contributed by atoms with Gasteiger partial charge in [0.1, 0.15) is 0 Å². The molecule has 0 amide bonds. The van der Waals surface area contributed by atoms with Crippen LogP contribution in [0.25, 0.3) is 0 Å². The van der Waals surface area contributed by atoms with Crippen molar-refractivity contribution in [3.8, 4) is 6.07 Å². The predicted octanol–water partition coefficient (Wildman–Crippen LogP) is 0.557. The molecule has 0 rings (SSSR count). The predicted molar refractivity (Wildman–Crippen MR) is 49.1 cm³/mol. The van der Waals surface area contributed by atoms with Crippen LogP contribution in [0.1, 0.15) is 26.7 Å². The fourth-order valence-corrected chi connectivity index (χ4v) is 0. The molecule has 0 heterocycles. The van der Waals surface area contributed by atoms with Crippen LogP contribution >= 0.6 is 0 Å². The van der Waals surface area contributed by atoms with Gasteiger partial charge in [-0.25, -0.2) is 4.79 Å². The number of carboxylic acids is 3. The zero-order chi connectivity index (χ0) is 12.9. The molecule has 0 bridgehead atoms. The van der Waals surface area contributed by atoms with Gasteiger partial charge in [-0.1, -0.05) is 13.8 Å². The summed E-state index contributed by atoms with van der Waals surface area (Å²) in [4.78, 5) is 27.7. The third kappa shape index (κ3) is 76.7. The summed E-state index contributed by atoms with van der Waals surface area (Å²) in [5.74, 6) is -2.93. The minimum absolute atomic E-state index is 0.222. The van der Waals surface area contributed by atoms with Crippen LogP contribution in [0.4, 0.5) is 0 Å². The van der Waals surface area contributed by atoms with Gasteiger partial charge >= 0.3 is 17.9 Å². The first-order chi connectivity index (χ1) is 6.81. The Labute approximate surface area is 86.6 Å². The monoisotopic (exact) mass is 219 g/mol. The van der Waals surface area contributed by atoms with Crippen molar-refractivity contribution in [3.05, 3.63) is 0 Å². The van der Waals surface area contributed by atoms with Crippen molar-refractivity contribution in [3.63, 3.8) is 0 Å². The van der Waals surface area contributed by atoms with Crippen LogP contribution < -0.4 is 0 Å². The fourth-order valence-electron chi connectivity index (χ4n) is 0. The molecule has 0 saturated heterocycles. The van der Waals surface area contributed by atoms with E-state index in [9.17, 15) is 9.59 Å². The summed E-state index contributed by atoms with van der Waals surface area (Å²) >= 11 is 0. The van der Waals surface area contributed by atoms with Crippen LogP contribution in [0.3, 0.4) is 0 Å². The highest BCUT2D eigenvalue weighted by molar-refractivity contribution is 5.83. The van der Waals surface area contributed by atoms with Crippen molar-refractivity contribution < 1.29 is 29.7 Å². The van der Waals surface area contributed by atoms with Crippen LogP contribution in [0.2, 0.25) is 0 Å². The molecule has 0 unspecified atom stereocenters. The second-order valence-electron chi connectivity index (χ2n) is 1.91. The van der Waals surface area contributed by atoms with E-state index in [0.717, 1.165) is 6.07 Å². The fraction of sp³-hybridized carbons (Fsp3) is 0.500. The Morgan fingerprint density at radius 2 is 1.13 bits per heavy atom. The third-order valence-corrected chi connectivity index (χ3v) is 0.701. The number of carboxylic acid groups (broad SMARTS) is 3. The van der Waals surface area contributed by atoms with Gasteiger partial charge in [0, 0.05) is 12.8 Å². The van der Waals surface area contributed by atoms with E-state index in [1.54, 1.807) is 13.8 Å². The molecule has 0 aliphatic heterocycles.